The van der Waals surface area contributed by atoms with Gasteiger partial charge in [-0.25, -0.2) is 4.98 Å². The number of nitrogens with zero attached hydrogens (tertiary/aromatic N) is 3. The number of benzene rings is 1. The van der Waals surface area contributed by atoms with E-state index in [2.05, 4.69) is 52.3 Å². The molecule has 5 nitrogen and oxygen atoms in total. The molecule has 2 heterocycles. The Labute approximate surface area is 149 Å². The molecule has 2 aromatic rings. The number of nitrogens with one attached hydrogen (secondary N) is 1. The molecule has 1 amide bonds. The maximum Gasteiger partial charge on any atom is 0.234 e. The van der Waals surface area contributed by atoms with Crippen LogP contribution in [0.2, 0.25) is 0 Å². The standard InChI is InChI=1S/C20H28N4O/c1-4-7-21-20(25)13-23-8-5-17(6-9-23)12-24-14-22-18-10-15(2)16(3)11-19(18)24/h4,10-11,14,17H,1,5-9,12-13H2,2-3H3,(H,21,25). The minimum absolute atomic E-state index is 0.0878. The normalized spacial score (nSPS) is 16.2. The van der Waals surface area contributed by atoms with Gasteiger partial charge in [0, 0.05) is 13.1 Å². The highest BCUT2D eigenvalue weighted by Crippen LogP contribution is 2.23. The van der Waals surface area contributed by atoms with E-state index >= 15 is 0 Å². The molecule has 0 unspecified atom stereocenters. The smallest absolute Gasteiger partial charge is 0.234 e. The fourth-order valence-corrected chi connectivity index (χ4v) is 3.51. The number of carbonyl (C=O) groups is 1. The van der Waals surface area contributed by atoms with Crippen LogP contribution < -0.4 is 5.32 Å². The van der Waals surface area contributed by atoms with E-state index < -0.39 is 0 Å². The molecule has 0 radical (unpaired) electrons. The lowest BCUT2D eigenvalue weighted by molar-refractivity contribution is -0.122. The third-order valence-electron chi connectivity index (χ3n) is 5.21. The first-order valence-corrected chi connectivity index (χ1v) is 9.09. The Kier molecular flexibility index (Phi) is 5.53. The van der Waals surface area contributed by atoms with Crippen molar-refractivity contribution in [1.82, 2.24) is 19.8 Å². The quantitative estimate of drug-likeness (QED) is 0.823. The molecule has 0 aliphatic carbocycles. The van der Waals surface area contributed by atoms with Gasteiger partial charge in [-0.1, -0.05) is 6.08 Å². The molecule has 25 heavy (non-hydrogen) atoms. The summed E-state index contributed by atoms with van der Waals surface area (Å²) in [5.41, 5.74) is 4.92. The Bertz CT molecular complexity index is 756. The molecule has 1 N–H and O–H groups in total. The molecular weight excluding hydrogens is 312 g/mol. The van der Waals surface area contributed by atoms with E-state index in [4.69, 9.17) is 0 Å². The number of aromatic nitrogens is 2. The van der Waals surface area contributed by atoms with Crippen molar-refractivity contribution in [2.75, 3.05) is 26.2 Å². The van der Waals surface area contributed by atoms with E-state index in [9.17, 15) is 4.79 Å². The van der Waals surface area contributed by atoms with Gasteiger partial charge in [0.1, 0.15) is 0 Å². The maximum absolute atomic E-state index is 11.8. The van der Waals surface area contributed by atoms with Crippen molar-refractivity contribution in [3.05, 3.63) is 42.2 Å². The topological polar surface area (TPSA) is 50.2 Å². The Morgan fingerprint density at radius 2 is 2.04 bits per heavy atom. The van der Waals surface area contributed by atoms with Gasteiger partial charge in [-0.05, 0) is 69.0 Å². The average molecular weight is 340 g/mol. The fraction of sp³-hybridized carbons (Fsp3) is 0.500. The molecule has 1 saturated heterocycles. The first kappa shape index (κ1) is 17.7. The van der Waals surface area contributed by atoms with Crippen molar-refractivity contribution in [3.63, 3.8) is 0 Å². The summed E-state index contributed by atoms with van der Waals surface area (Å²) in [5.74, 6) is 0.733. The second-order valence-corrected chi connectivity index (χ2v) is 7.13. The number of imidazole rings is 1. The SMILES string of the molecule is C=CCNC(=O)CN1CCC(Cn2cnc3cc(C)c(C)cc32)CC1. The van der Waals surface area contributed by atoms with Gasteiger partial charge in [0.2, 0.25) is 5.91 Å². The third kappa shape index (κ3) is 4.28. The number of likely N-dealkylation sites (tertiary alicyclic amines) is 1. The average Bonchev–Trinajstić information content (AvgIpc) is 2.97. The number of rotatable bonds is 6. The highest BCUT2D eigenvalue weighted by Gasteiger charge is 2.21. The fourth-order valence-electron chi connectivity index (χ4n) is 3.51. The second kappa shape index (κ2) is 7.83. The summed E-state index contributed by atoms with van der Waals surface area (Å²) in [7, 11) is 0. The van der Waals surface area contributed by atoms with Crippen molar-refractivity contribution in [2.45, 2.75) is 33.2 Å². The van der Waals surface area contributed by atoms with Gasteiger partial charge in [-0.2, -0.15) is 0 Å². The van der Waals surface area contributed by atoms with Crippen LogP contribution in [0.4, 0.5) is 0 Å². The van der Waals surface area contributed by atoms with Gasteiger partial charge < -0.3 is 9.88 Å². The molecule has 1 aromatic carbocycles. The molecule has 0 spiro atoms. The third-order valence-corrected chi connectivity index (χ3v) is 5.21. The number of carbonyl (C=O) groups excluding carboxylic acids is 1. The van der Waals surface area contributed by atoms with E-state index in [1.54, 1.807) is 6.08 Å². The van der Waals surface area contributed by atoms with Crippen LogP contribution in [0.1, 0.15) is 24.0 Å². The van der Waals surface area contributed by atoms with Crippen LogP contribution >= 0.6 is 0 Å². The van der Waals surface area contributed by atoms with Crippen molar-refractivity contribution in [2.24, 2.45) is 5.92 Å². The molecule has 1 aromatic heterocycles. The Hall–Kier alpha value is -2.14. The first-order valence-electron chi connectivity index (χ1n) is 9.09. The zero-order valence-electron chi connectivity index (χ0n) is 15.3. The van der Waals surface area contributed by atoms with E-state index in [-0.39, 0.29) is 5.91 Å². The van der Waals surface area contributed by atoms with Gasteiger partial charge in [0.05, 0.1) is 23.9 Å². The van der Waals surface area contributed by atoms with Gasteiger partial charge >= 0.3 is 0 Å². The largest absolute Gasteiger partial charge is 0.352 e. The summed E-state index contributed by atoms with van der Waals surface area (Å²) in [6.45, 7) is 11.9. The van der Waals surface area contributed by atoms with Gasteiger partial charge in [-0.15, -0.1) is 6.58 Å². The van der Waals surface area contributed by atoms with E-state index in [0.29, 0.717) is 19.0 Å². The minimum atomic E-state index is 0.0878. The molecule has 3 rings (SSSR count). The lowest BCUT2D eigenvalue weighted by atomic mass is 9.96. The van der Waals surface area contributed by atoms with Crippen LogP contribution in [0, 0.1) is 19.8 Å². The molecule has 0 atom stereocenters. The highest BCUT2D eigenvalue weighted by molar-refractivity contribution is 5.78. The summed E-state index contributed by atoms with van der Waals surface area (Å²) >= 11 is 0. The molecule has 0 bridgehead atoms. The molecular formula is C20H28N4O. The van der Waals surface area contributed by atoms with Crippen molar-refractivity contribution in [3.8, 4) is 0 Å². The number of aryl methyl sites for hydroxylation is 2. The second-order valence-electron chi connectivity index (χ2n) is 7.13. The Morgan fingerprint density at radius 3 is 2.76 bits per heavy atom. The van der Waals surface area contributed by atoms with Gasteiger partial charge in [0.15, 0.2) is 0 Å². The first-order chi connectivity index (χ1) is 12.1. The molecule has 1 aliphatic rings. The molecule has 134 valence electrons. The van der Waals surface area contributed by atoms with Crippen LogP contribution in [0.3, 0.4) is 0 Å². The number of amides is 1. The zero-order valence-corrected chi connectivity index (χ0v) is 15.3. The van der Waals surface area contributed by atoms with E-state index in [1.165, 1.54) is 16.6 Å². The Morgan fingerprint density at radius 1 is 1.32 bits per heavy atom. The van der Waals surface area contributed by atoms with E-state index in [1.807, 2.05) is 6.33 Å². The lowest BCUT2D eigenvalue weighted by Crippen LogP contribution is -2.42. The Balaban J connectivity index is 1.55. The summed E-state index contributed by atoms with van der Waals surface area (Å²) < 4.78 is 2.29. The zero-order chi connectivity index (χ0) is 17.8. The monoisotopic (exact) mass is 340 g/mol. The highest BCUT2D eigenvalue weighted by atomic mass is 16.2. The summed E-state index contributed by atoms with van der Waals surface area (Å²) in [6.07, 6.45) is 5.93. The van der Waals surface area contributed by atoms with Crippen LogP contribution in [-0.4, -0.2) is 46.5 Å². The minimum Gasteiger partial charge on any atom is -0.352 e. The molecule has 1 fully saturated rings. The lowest BCUT2D eigenvalue weighted by Gasteiger charge is -2.31. The van der Waals surface area contributed by atoms with Gasteiger partial charge in [0.25, 0.3) is 0 Å². The number of piperidine rings is 1. The predicted molar refractivity (Wildman–Crippen MR) is 102 cm³/mol. The molecule has 0 saturated carbocycles. The van der Waals surface area contributed by atoms with Crippen LogP contribution in [0.5, 0.6) is 0 Å². The molecule has 1 aliphatic heterocycles. The van der Waals surface area contributed by atoms with Crippen LogP contribution in [0.15, 0.2) is 31.1 Å². The number of hydrogen-bond acceptors (Lipinski definition) is 3. The van der Waals surface area contributed by atoms with Crippen molar-refractivity contribution >= 4 is 16.9 Å². The van der Waals surface area contributed by atoms with Crippen molar-refractivity contribution in [1.29, 1.82) is 0 Å². The van der Waals surface area contributed by atoms with E-state index in [0.717, 1.165) is 38.0 Å². The van der Waals surface area contributed by atoms with Crippen molar-refractivity contribution < 1.29 is 4.79 Å². The summed E-state index contributed by atoms with van der Waals surface area (Å²) in [4.78, 5) is 18.6. The number of fused-ring (bicyclic) bond motifs is 1. The van der Waals surface area contributed by atoms with Gasteiger partial charge in [-0.3, -0.25) is 9.69 Å². The van der Waals surface area contributed by atoms with Crippen LogP contribution in [-0.2, 0) is 11.3 Å². The predicted octanol–water partition coefficient (Wildman–Crippen LogP) is 2.67. The summed E-state index contributed by atoms with van der Waals surface area (Å²) in [5, 5.41) is 2.85. The molecule has 5 heteroatoms. The number of hydrogen-bond donors (Lipinski definition) is 1. The van der Waals surface area contributed by atoms with Crippen LogP contribution in [0.25, 0.3) is 11.0 Å². The maximum atomic E-state index is 11.8. The summed E-state index contributed by atoms with van der Waals surface area (Å²) in [6, 6.07) is 4.42.